The lowest BCUT2D eigenvalue weighted by molar-refractivity contribution is -0.138. The van der Waals surface area contributed by atoms with Crippen LogP contribution in [0.15, 0.2) is 42.5 Å². The van der Waals surface area contributed by atoms with Crippen LogP contribution in [0.1, 0.15) is 41.0 Å². The van der Waals surface area contributed by atoms with Gasteiger partial charge in [-0.25, -0.2) is 0 Å². The van der Waals surface area contributed by atoms with E-state index in [1.807, 2.05) is 18.2 Å². The van der Waals surface area contributed by atoms with Crippen molar-refractivity contribution in [2.24, 2.45) is 5.92 Å². The van der Waals surface area contributed by atoms with Crippen LogP contribution in [-0.4, -0.2) is 18.2 Å². The molecule has 3 nitrogen and oxygen atoms in total. The fourth-order valence-corrected chi connectivity index (χ4v) is 3.79. The van der Waals surface area contributed by atoms with Gasteiger partial charge >= 0.3 is 5.97 Å². The molecule has 0 unspecified atom stereocenters. The number of hydrogen-bond acceptors (Lipinski definition) is 2. The Morgan fingerprint density at radius 2 is 2.00 bits per heavy atom. The van der Waals surface area contributed by atoms with E-state index >= 15 is 0 Å². The molecule has 3 heteroatoms. The van der Waals surface area contributed by atoms with Gasteiger partial charge in [0.1, 0.15) is 5.75 Å². The Hall–Kier alpha value is -2.29. The lowest BCUT2D eigenvalue weighted by Crippen LogP contribution is -2.24. The Bertz CT molecular complexity index is 721. The van der Waals surface area contributed by atoms with Gasteiger partial charge in [-0.3, -0.25) is 4.79 Å². The summed E-state index contributed by atoms with van der Waals surface area (Å²) in [6.45, 7) is 2.06. The van der Waals surface area contributed by atoms with Crippen molar-refractivity contribution in [3.8, 4) is 5.75 Å². The Balaban J connectivity index is 2.14. The molecule has 0 saturated heterocycles. The lowest BCUT2D eigenvalue weighted by Gasteiger charge is -2.34. The summed E-state index contributed by atoms with van der Waals surface area (Å²) in [4.78, 5) is 11.3. The summed E-state index contributed by atoms with van der Waals surface area (Å²) >= 11 is 0. The smallest absolute Gasteiger partial charge is 0.303 e. The van der Waals surface area contributed by atoms with Crippen molar-refractivity contribution in [2.75, 3.05) is 7.11 Å². The molecule has 1 N–H and O–H groups in total. The predicted molar refractivity (Wildman–Crippen MR) is 90.1 cm³/mol. The number of aryl methyl sites for hydroxylation is 2. The fourth-order valence-electron chi connectivity index (χ4n) is 3.79. The maximum Gasteiger partial charge on any atom is 0.303 e. The number of fused-ring (bicyclic) bond motifs is 1. The Labute approximate surface area is 136 Å². The molecule has 1 aliphatic carbocycles. The molecular weight excluding hydrogens is 288 g/mol. The standard InChI is InChI=1S/C20H22O3/c1-13-7-10-18(23-2)17(11-13)20-15(12-19(21)22)9-8-14-5-3-4-6-16(14)20/h3-7,10-11,15,20H,8-9,12H2,1-2H3,(H,21,22)/t15-,20+/m1/s1. The maximum absolute atomic E-state index is 11.3. The summed E-state index contributed by atoms with van der Waals surface area (Å²) in [5, 5.41) is 9.33. The molecule has 120 valence electrons. The van der Waals surface area contributed by atoms with Crippen LogP contribution in [0.3, 0.4) is 0 Å². The van der Waals surface area contributed by atoms with Crippen molar-refractivity contribution in [2.45, 2.75) is 32.1 Å². The quantitative estimate of drug-likeness (QED) is 0.922. The van der Waals surface area contributed by atoms with E-state index in [-0.39, 0.29) is 18.3 Å². The topological polar surface area (TPSA) is 46.5 Å². The van der Waals surface area contributed by atoms with Crippen LogP contribution in [0.5, 0.6) is 5.75 Å². The first kappa shape index (κ1) is 15.6. The van der Waals surface area contributed by atoms with E-state index in [9.17, 15) is 9.90 Å². The van der Waals surface area contributed by atoms with Gasteiger partial charge in [-0.15, -0.1) is 0 Å². The molecule has 2 aromatic carbocycles. The van der Waals surface area contributed by atoms with Crippen molar-refractivity contribution < 1.29 is 14.6 Å². The number of carbonyl (C=O) groups is 1. The van der Waals surface area contributed by atoms with Crippen molar-refractivity contribution in [1.82, 2.24) is 0 Å². The molecule has 0 heterocycles. The second-order valence-corrected chi connectivity index (χ2v) is 6.32. The van der Waals surface area contributed by atoms with Gasteiger partial charge in [0, 0.05) is 17.9 Å². The molecule has 23 heavy (non-hydrogen) atoms. The highest BCUT2D eigenvalue weighted by Gasteiger charge is 2.33. The van der Waals surface area contributed by atoms with Crippen molar-refractivity contribution in [1.29, 1.82) is 0 Å². The average molecular weight is 310 g/mol. The highest BCUT2D eigenvalue weighted by molar-refractivity contribution is 5.67. The van der Waals surface area contributed by atoms with Gasteiger partial charge in [-0.05, 0) is 42.9 Å². The largest absolute Gasteiger partial charge is 0.496 e. The number of rotatable bonds is 4. The Morgan fingerprint density at radius 1 is 1.22 bits per heavy atom. The molecule has 0 amide bonds. The predicted octanol–water partition coefficient (Wildman–Crippen LogP) is 4.17. The minimum absolute atomic E-state index is 0.0749. The van der Waals surface area contributed by atoms with E-state index in [4.69, 9.17) is 4.74 Å². The van der Waals surface area contributed by atoms with E-state index < -0.39 is 5.97 Å². The van der Waals surface area contributed by atoms with E-state index in [1.165, 1.54) is 11.1 Å². The molecule has 1 aliphatic rings. The molecule has 2 aromatic rings. The zero-order valence-electron chi connectivity index (χ0n) is 13.6. The molecule has 0 radical (unpaired) electrons. The van der Waals surface area contributed by atoms with Crippen LogP contribution in [0.2, 0.25) is 0 Å². The van der Waals surface area contributed by atoms with Gasteiger partial charge in [0.25, 0.3) is 0 Å². The van der Waals surface area contributed by atoms with Crippen LogP contribution in [-0.2, 0) is 11.2 Å². The summed E-state index contributed by atoms with van der Waals surface area (Å²) < 4.78 is 5.57. The van der Waals surface area contributed by atoms with Crippen LogP contribution in [0, 0.1) is 12.8 Å². The zero-order chi connectivity index (χ0) is 16.4. The molecular formula is C20H22O3. The van der Waals surface area contributed by atoms with Crippen LogP contribution < -0.4 is 4.74 Å². The summed E-state index contributed by atoms with van der Waals surface area (Å²) in [7, 11) is 1.68. The van der Waals surface area contributed by atoms with Gasteiger partial charge in [-0.2, -0.15) is 0 Å². The van der Waals surface area contributed by atoms with E-state index in [0.717, 1.165) is 29.7 Å². The summed E-state index contributed by atoms with van der Waals surface area (Å²) in [6, 6.07) is 14.5. The van der Waals surface area contributed by atoms with Gasteiger partial charge in [0.05, 0.1) is 7.11 Å². The molecule has 0 bridgehead atoms. The molecule has 0 fully saturated rings. The number of carboxylic acids is 1. The van der Waals surface area contributed by atoms with Gasteiger partial charge in [0.2, 0.25) is 0 Å². The van der Waals surface area contributed by atoms with Crippen LogP contribution >= 0.6 is 0 Å². The number of aliphatic carboxylic acids is 1. The van der Waals surface area contributed by atoms with Crippen molar-refractivity contribution in [3.63, 3.8) is 0 Å². The summed E-state index contributed by atoms with van der Waals surface area (Å²) in [5.41, 5.74) is 4.83. The molecule has 0 aromatic heterocycles. The molecule has 2 atom stereocenters. The lowest BCUT2D eigenvalue weighted by atomic mass is 9.70. The van der Waals surface area contributed by atoms with Gasteiger partial charge < -0.3 is 9.84 Å². The Morgan fingerprint density at radius 3 is 2.74 bits per heavy atom. The summed E-state index contributed by atoms with van der Waals surface area (Å²) in [5.74, 6) is 0.280. The normalized spacial score (nSPS) is 19.9. The van der Waals surface area contributed by atoms with Gasteiger partial charge in [-0.1, -0.05) is 42.0 Å². The Kier molecular flexibility index (Phi) is 4.37. The number of methoxy groups -OCH3 is 1. The fraction of sp³-hybridized carbons (Fsp3) is 0.350. The van der Waals surface area contributed by atoms with Crippen molar-refractivity contribution >= 4 is 5.97 Å². The molecule has 0 spiro atoms. The van der Waals surface area contributed by atoms with E-state index in [0.29, 0.717) is 0 Å². The average Bonchev–Trinajstić information content (AvgIpc) is 2.54. The number of carboxylic acid groups (broad SMARTS) is 1. The van der Waals surface area contributed by atoms with E-state index in [2.05, 4.69) is 31.2 Å². The second-order valence-electron chi connectivity index (χ2n) is 6.32. The SMILES string of the molecule is COc1ccc(C)cc1[C@@H]1c2ccccc2CC[C@@H]1CC(=O)O. The molecule has 0 saturated carbocycles. The van der Waals surface area contributed by atoms with E-state index in [1.54, 1.807) is 7.11 Å². The highest BCUT2D eigenvalue weighted by Crippen LogP contribution is 2.45. The minimum atomic E-state index is -0.731. The second kappa shape index (κ2) is 6.45. The zero-order valence-corrected chi connectivity index (χ0v) is 13.6. The first-order chi connectivity index (χ1) is 11.1. The first-order valence-electron chi connectivity index (χ1n) is 8.04. The van der Waals surface area contributed by atoms with Crippen molar-refractivity contribution in [3.05, 3.63) is 64.7 Å². The number of benzene rings is 2. The molecule has 0 aliphatic heterocycles. The third-order valence-corrected chi connectivity index (χ3v) is 4.80. The maximum atomic E-state index is 11.3. The minimum Gasteiger partial charge on any atom is -0.496 e. The number of hydrogen-bond donors (Lipinski definition) is 1. The third kappa shape index (κ3) is 3.09. The first-order valence-corrected chi connectivity index (χ1v) is 8.04. The van der Waals surface area contributed by atoms with Crippen LogP contribution in [0.4, 0.5) is 0 Å². The van der Waals surface area contributed by atoms with Gasteiger partial charge in [0.15, 0.2) is 0 Å². The van der Waals surface area contributed by atoms with Crippen LogP contribution in [0.25, 0.3) is 0 Å². The number of ether oxygens (including phenoxy) is 1. The highest BCUT2D eigenvalue weighted by atomic mass is 16.5. The molecule has 3 rings (SSSR count). The monoisotopic (exact) mass is 310 g/mol. The third-order valence-electron chi connectivity index (χ3n) is 4.80. The summed E-state index contributed by atoms with van der Waals surface area (Å²) in [6.07, 6.45) is 2.03.